The van der Waals surface area contributed by atoms with Crippen LogP contribution in [0.4, 0.5) is 10.5 Å². The SMILES string of the molecule is CC(c1nc2ccccc2c(=O)n1-c1ccc(Br)cc1)N(CCN(C)C)C(=O)Nc1cccc(Br)c1. The van der Waals surface area contributed by atoms with E-state index in [-0.39, 0.29) is 11.6 Å². The minimum Gasteiger partial charge on any atom is -0.313 e. The Labute approximate surface area is 227 Å². The van der Waals surface area contributed by atoms with Gasteiger partial charge in [-0.1, -0.05) is 50.1 Å². The lowest BCUT2D eigenvalue weighted by Crippen LogP contribution is -2.43. The molecule has 0 spiro atoms. The lowest BCUT2D eigenvalue weighted by atomic mass is 10.2. The smallest absolute Gasteiger partial charge is 0.313 e. The molecular weight excluding hydrogens is 586 g/mol. The minimum absolute atomic E-state index is 0.176. The molecule has 1 heterocycles. The van der Waals surface area contributed by atoms with E-state index in [0.29, 0.717) is 41.2 Å². The second-order valence-corrected chi connectivity index (χ2v) is 10.5. The third-order valence-electron chi connectivity index (χ3n) is 5.85. The molecule has 0 saturated heterocycles. The van der Waals surface area contributed by atoms with Crippen LogP contribution in [0.25, 0.3) is 16.6 Å². The molecular formula is C27H27Br2N5O2. The van der Waals surface area contributed by atoms with E-state index in [1.807, 2.05) is 92.6 Å². The van der Waals surface area contributed by atoms with Gasteiger partial charge in [0.25, 0.3) is 5.56 Å². The number of anilines is 1. The molecule has 4 rings (SSSR count). The molecule has 1 atom stereocenters. The van der Waals surface area contributed by atoms with Crippen molar-refractivity contribution in [3.63, 3.8) is 0 Å². The molecule has 1 N–H and O–H groups in total. The molecule has 0 aliphatic heterocycles. The molecule has 186 valence electrons. The maximum Gasteiger partial charge on any atom is 0.322 e. The summed E-state index contributed by atoms with van der Waals surface area (Å²) in [7, 11) is 3.92. The zero-order valence-corrected chi connectivity index (χ0v) is 23.5. The van der Waals surface area contributed by atoms with Crippen molar-refractivity contribution < 1.29 is 4.79 Å². The Kier molecular flexibility index (Phi) is 8.23. The second kappa shape index (κ2) is 11.4. The monoisotopic (exact) mass is 611 g/mol. The number of nitrogens with zero attached hydrogens (tertiary/aromatic N) is 4. The van der Waals surface area contributed by atoms with Gasteiger partial charge in [0, 0.05) is 27.7 Å². The molecule has 9 heteroatoms. The number of nitrogens with one attached hydrogen (secondary N) is 1. The van der Waals surface area contributed by atoms with Crippen LogP contribution < -0.4 is 10.9 Å². The number of aromatic nitrogens is 2. The molecule has 0 bridgehead atoms. The predicted octanol–water partition coefficient (Wildman–Crippen LogP) is 6.07. The molecule has 3 aromatic carbocycles. The van der Waals surface area contributed by atoms with Gasteiger partial charge >= 0.3 is 6.03 Å². The van der Waals surface area contributed by atoms with Gasteiger partial charge in [-0.3, -0.25) is 9.36 Å². The van der Waals surface area contributed by atoms with Gasteiger partial charge in [0.05, 0.1) is 22.6 Å². The van der Waals surface area contributed by atoms with Gasteiger partial charge < -0.3 is 15.1 Å². The molecule has 2 amide bonds. The summed E-state index contributed by atoms with van der Waals surface area (Å²) in [6.07, 6.45) is 0. The van der Waals surface area contributed by atoms with Gasteiger partial charge in [0.1, 0.15) is 5.82 Å². The number of carbonyl (C=O) groups is 1. The summed E-state index contributed by atoms with van der Waals surface area (Å²) in [5, 5.41) is 3.52. The summed E-state index contributed by atoms with van der Waals surface area (Å²) >= 11 is 6.92. The largest absolute Gasteiger partial charge is 0.322 e. The van der Waals surface area contributed by atoms with Crippen LogP contribution in [0.2, 0.25) is 0 Å². The number of urea groups is 1. The number of hydrogen-bond acceptors (Lipinski definition) is 4. The lowest BCUT2D eigenvalue weighted by Gasteiger charge is -2.31. The first-order chi connectivity index (χ1) is 17.2. The first-order valence-corrected chi connectivity index (χ1v) is 13.1. The van der Waals surface area contributed by atoms with Crippen LogP contribution in [-0.2, 0) is 0 Å². The standard InChI is InChI=1S/C27H27Br2N5O2/c1-18(33(16-15-32(2)3)27(36)30-21-8-6-7-20(29)17-21)25-31-24-10-5-4-9-23(24)26(35)34(25)22-13-11-19(28)12-14-22/h4-14,17-18H,15-16H2,1-3H3,(H,30,36). The fourth-order valence-electron chi connectivity index (χ4n) is 3.95. The van der Waals surface area contributed by atoms with Crippen molar-refractivity contribution >= 4 is 54.5 Å². The zero-order valence-electron chi connectivity index (χ0n) is 20.3. The van der Waals surface area contributed by atoms with E-state index in [1.54, 1.807) is 15.5 Å². The zero-order chi connectivity index (χ0) is 25.8. The Balaban J connectivity index is 1.82. The van der Waals surface area contributed by atoms with Crippen molar-refractivity contribution in [1.29, 1.82) is 0 Å². The molecule has 0 aliphatic rings. The first-order valence-electron chi connectivity index (χ1n) is 11.5. The molecule has 36 heavy (non-hydrogen) atoms. The van der Waals surface area contributed by atoms with Crippen LogP contribution in [0.3, 0.4) is 0 Å². The Hall–Kier alpha value is -3.01. The van der Waals surface area contributed by atoms with Crippen LogP contribution in [-0.4, -0.2) is 52.6 Å². The van der Waals surface area contributed by atoms with Crippen LogP contribution in [0.15, 0.2) is 86.5 Å². The van der Waals surface area contributed by atoms with Gasteiger partial charge in [0.2, 0.25) is 0 Å². The van der Waals surface area contributed by atoms with Crippen LogP contribution >= 0.6 is 31.9 Å². The predicted molar refractivity (Wildman–Crippen MR) is 152 cm³/mol. The molecule has 0 fully saturated rings. The van der Waals surface area contributed by atoms with Crippen molar-refractivity contribution in [1.82, 2.24) is 19.4 Å². The summed E-state index contributed by atoms with van der Waals surface area (Å²) in [4.78, 5) is 35.9. The third kappa shape index (κ3) is 5.86. The quantitative estimate of drug-likeness (QED) is 0.275. The first kappa shape index (κ1) is 26.1. The molecule has 0 saturated carbocycles. The molecule has 0 radical (unpaired) electrons. The number of rotatable bonds is 7. The number of amides is 2. The summed E-state index contributed by atoms with van der Waals surface area (Å²) in [5.41, 5.74) is 1.78. The van der Waals surface area contributed by atoms with E-state index in [0.717, 1.165) is 8.95 Å². The van der Waals surface area contributed by atoms with Gasteiger partial charge in [-0.15, -0.1) is 0 Å². The fourth-order valence-corrected chi connectivity index (χ4v) is 4.61. The Morgan fingerprint density at radius 1 is 0.972 bits per heavy atom. The van der Waals surface area contributed by atoms with E-state index >= 15 is 0 Å². The highest BCUT2D eigenvalue weighted by Crippen LogP contribution is 2.25. The third-order valence-corrected chi connectivity index (χ3v) is 6.87. The maximum absolute atomic E-state index is 13.7. The summed E-state index contributed by atoms with van der Waals surface area (Å²) in [5.74, 6) is 0.490. The topological polar surface area (TPSA) is 70.5 Å². The van der Waals surface area contributed by atoms with E-state index in [1.165, 1.54) is 0 Å². The van der Waals surface area contributed by atoms with E-state index in [4.69, 9.17) is 4.98 Å². The normalized spacial score (nSPS) is 12.1. The van der Waals surface area contributed by atoms with Gasteiger partial charge in [-0.05, 0) is 75.6 Å². The van der Waals surface area contributed by atoms with Crippen molar-refractivity contribution in [3.8, 4) is 5.69 Å². The van der Waals surface area contributed by atoms with Crippen LogP contribution in [0.5, 0.6) is 0 Å². The Morgan fingerprint density at radius 3 is 2.39 bits per heavy atom. The van der Waals surface area contributed by atoms with Crippen molar-refractivity contribution in [3.05, 3.63) is 97.9 Å². The molecule has 1 aromatic heterocycles. The molecule has 0 aliphatic carbocycles. The van der Waals surface area contributed by atoms with Crippen molar-refractivity contribution in [2.45, 2.75) is 13.0 Å². The van der Waals surface area contributed by atoms with E-state index < -0.39 is 6.04 Å². The number of halogens is 2. The second-order valence-electron chi connectivity index (χ2n) is 8.72. The van der Waals surface area contributed by atoms with Crippen LogP contribution in [0.1, 0.15) is 18.8 Å². The Morgan fingerprint density at radius 2 is 1.69 bits per heavy atom. The Bertz CT molecular complexity index is 1440. The van der Waals surface area contributed by atoms with Crippen molar-refractivity contribution in [2.24, 2.45) is 0 Å². The average molecular weight is 613 g/mol. The number of fused-ring (bicyclic) bond motifs is 1. The summed E-state index contributed by atoms with van der Waals surface area (Å²) < 4.78 is 3.38. The molecule has 7 nitrogen and oxygen atoms in total. The van der Waals surface area contributed by atoms with Crippen LogP contribution in [0, 0.1) is 0 Å². The highest BCUT2D eigenvalue weighted by Gasteiger charge is 2.27. The summed E-state index contributed by atoms with van der Waals surface area (Å²) in [6.45, 7) is 2.99. The van der Waals surface area contributed by atoms with Gasteiger partial charge in [-0.25, -0.2) is 9.78 Å². The number of likely N-dealkylation sites (N-methyl/N-ethyl adjacent to an activating group) is 1. The van der Waals surface area contributed by atoms with E-state index in [9.17, 15) is 9.59 Å². The highest BCUT2D eigenvalue weighted by molar-refractivity contribution is 9.10. The average Bonchev–Trinajstić information content (AvgIpc) is 2.84. The highest BCUT2D eigenvalue weighted by atomic mass is 79.9. The minimum atomic E-state index is -0.502. The van der Waals surface area contributed by atoms with Gasteiger partial charge in [-0.2, -0.15) is 0 Å². The maximum atomic E-state index is 13.7. The number of para-hydroxylation sites is 1. The fraction of sp³-hybridized carbons (Fsp3) is 0.222. The number of hydrogen-bond donors (Lipinski definition) is 1. The summed E-state index contributed by atoms with van der Waals surface area (Å²) in [6, 6.07) is 21.5. The molecule has 1 unspecified atom stereocenters. The van der Waals surface area contributed by atoms with E-state index in [2.05, 4.69) is 37.2 Å². The number of carbonyl (C=O) groups excluding carboxylic acids is 1. The number of benzene rings is 3. The molecule has 4 aromatic rings. The van der Waals surface area contributed by atoms with Gasteiger partial charge in [0.15, 0.2) is 0 Å². The lowest BCUT2D eigenvalue weighted by molar-refractivity contribution is 0.181. The van der Waals surface area contributed by atoms with Crippen molar-refractivity contribution in [2.75, 3.05) is 32.5 Å².